The highest BCUT2D eigenvalue weighted by atomic mass is 35.5. The van der Waals surface area contributed by atoms with E-state index in [1.165, 1.54) is 18.3 Å². The number of non-ortho nitro benzene ring substituents is 1. The molecule has 8 heteroatoms. The van der Waals surface area contributed by atoms with Gasteiger partial charge < -0.3 is 4.42 Å². The van der Waals surface area contributed by atoms with Gasteiger partial charge in [0.1, 0.15) is 11.5 Å². The van der Waals surface area contributed by atoms with E-state index in [2.05, 4.69) is 10.5 Å². The monoisotopic (exact) mass is 369 g/mol. The van der Waals surface area contributed by atoms with Crippen molar-refractivity contribution < 1.29 is 14.1 Å². The summed E-state index contributed by atoms with van der Waals surface area (Å²) in [4.78, 5) is 22.1. The van der Waals surface area contributed by atoms with Crippen molar-refractivity contribution in [3.8, 4) is 11.3 Å². The molecule has 7 nitrogen and oxygen atoms in total. The molecule has 3 rings (SSSR count). The number of carbonyl (C=O) groups excluding carboxylic acids is 1. The zero-order valence-electron chi connectivity index (χ0n) is 13.3. The Morgan fingerprint density at radius 1 is 1.08 bits per heavy atom. The minimum Gasteiger partial charge on any atom is -0.455 e. The number of nitro benzene ring substituents is 1. The Hall–Kier alpha value is -3.45. The lowest BCUT2D eigenvalue weighted by atomic mass is 10.1. The van der Waals surface area contributed by atoms with Gasteiger partial charge in [0.05, 0.1) is 11.1 Å². The van der Waals surface area contributed by atoms with Gasteiger partial charge >= 0.3 is 0 Å². The van der Waals surface area contributed by atoms with E-state index in [9.17, 15) is 14.9 Å². The van der Waals surface area contributed by atoms with Gasteiger partial charge in [-0.25, -0.2) is 5.43 Å². The maximum absolute atomic E-state index is 11.9. The molecule has 0 spiro atoms. The number of rotatable bonds is 5. The van der Waals surface area contributed by atoms with E-state index in [4.69, 9.17) is 16.0 Å². The molecule has 0 saturated carbocycles. The Balaban J connectivity index is 1.64. The Labute approximate surface area is 153 Å². The molecule has 0 unspecified atom stereocenters. The number of benzene rings is 2. The lowest BCUT2D eigenvalue weighted by molar-refractivity contribution is -0.384. The molecule has 0 atom stereocenters. The molecule has 0 aliphatic heterocycles. The number of halogens is 1. The van der Waals surface area contributed by atoms with Crippen LogP contribution in [0.5, 0.6) is 0 Å². The highest BCUT2D eigenvalue weighted by molar-refractivity contribution is 6.30. The van der Waals surface area contributed by atoms with E-state index < -0.39 is 4.92 Å². The van der Waals surface area contributed by atoms with E-state index in [0.717, 1.165) is 0 Å². The summed E-state index contributed by atoms with van der Waals surface area (Å²) in [5.41, 5.74) is 3.52. The zero-order chi connectivity index (χ0) is 18.5. The van der Waals surface area contributed by atoms with Crippen LogP contribution in [-0.4, -0.2) is 17.0 Å². The first-order valence-corrected chi connectivity index (χ1v) is 7.84. The lowest BCUT2D eigenvalue weighted by Crippen LogP contribution is -2.17. The number of hydrogen-bond acceptors (Lipinski definition) is 5. The average molecular weight is 370 g/mol. The molecule has 0 radical (unpaired) electrons. The Kier molecular flexibility index (Phi) is 5.09. The lowest BCUT2D eigenvalue weighted by Gasteiger charge is -1.99. The Morgan fingerprint density at radius 3 is 2.42 bits per heavy atom. The number of nitrogens with zero attached hydrogens (tertiary/aromatic N) is 2. The summed E-state index contributed by atoms with van der Waals surface area (Å²) < 4.78 is 5.59. The van der Waals surface area contributed by atoms with Gasteiger partial charge in [-0.3, -0.25) is 14.9 Å². The number of carbonyl (C=O) groups is 1. The van der Waals surface area contributed by atoms with Crippen molar-refractivity contribution in [2.45, 2.75) is 0 Å². The first kappa shape index (κ1) is 17.4. The van der Waals surface area contributed by atoms with Crippen LogP contribution in [-0.2, 0) is 0 Å². The van der Waals surface area contributed by atoms with Crippen LogP contribution < -0.4 is 5.43 Å². The molecule has 0 fully saturated rings. The smallest absolute Gasteiger partial charge is 0.271 e. The standard InChI is InChI=1S/C18H12ClN3O4/c19-14-5-1-13(2-6-14)18(23)21-20-11-16-9-10-17(26-16)12-3-7-15(8-4-12)22(24)25/h1-11H,(H,21,23)/b20-11+. The minimum absolute atomic E-state index is 0.00649. The molecule has 0 aliphatic carbocycles. The van der Waals surface area contributed by atoms with Crippen molar-refractivity contribution >= 4 is 29.4 Å². The number of hydrazone groups is 1. The molecule has 0 saturated heterocycles. The summed E-state index contributed by atoms with van der Waals surface area (Å²) in [5, 5.41) is 15.1. The predicted molar refractivity (Wildman–Crippen MR) is 97.3 cm³/mol. The van der Waals surface area contributed by atoms with Gasteiger partial charge in [-0.2, -0.15) is 5.10 Å². The quantitative estimate of drug-likeness (QED) is 0.412. The van der Waals surface area contributed by atoms with Crippen LogP contribution >= 0.6 is 11.6 Å². The first-order chi connectivity index (χ1) is 12.5. The van der Waals surface area contributed by atoms with Crippen LogP contribution in [0.25, 0.3) is 11.3 Å². The van der Waals surface area contributed by atoms with Crippen LogP contribution in [0, 0.1) is 10.1 Å². The third kappa shape index (κ3) is 4.14. The van der Waals surface area contributed by atoms with Crippen LogP contribution in [0.2, 0.25) is 5.02 Å². The normalized spacial score (nSPS) is 10.8. The third-order valence-electron chi connectivity index (χ3n) is 3.45. The van der Waals surface area contributed by atoms with Gasteiger partial charge in [-0.05, 0) is 48.5 Å². The fraction of sp³-hybridized carbons (Fsp3) is 0. The van der Waals surface area contributed by atoms with Crippen molar-refractivity contribution in [1.82, 2.24) is 5.43 Å². The van der Waals surface area contributed by atoms with E-state index >= 15 is 0 Å². The molecule has 1 N–H and O–H groups in total. The van der Waals surface area contributed by atoms with Crippen molar-refractivity contribution in [2.75, 3.05) is 0 Å². The molecule has 1 amide bonds. The summed E-state index contributed by atoms with van der Waals surface area (Å²) in [5.74, 6) is 0.584. The second-order valence-corrected chi connectivity index (χ2v) is 5.65. The summed E-state index contributed by atoms with van der Waals surface area (Å²) >= 11 is 5.77. The van der Waals surface area contributed by atoms with E-state index in [0.29, 0.717) is 27.7 Å². The molecule has 2 aromatic carbocycles. The van der Waals surface area contributed by atoms with Gasteiger partial charge in [0.2, 0.25) is 0 Å². The molecule has 1 aromatic heterocycles. The largest absolute Gasteiger partial charge is 0.455 e. The van der Waals surface area contributed by atoms with Crippen molar-refractivity contribution in [2.24, 2.45) is 5.10 Å². The van der Waals surface area contributed by atoms with Crippen molar-refractivity contribution in [3.05, 3.63) is 87.1 Å². The molecule has 26 heavy (non-hydrogen) atoms. The van der Waals surface area contributed by atoms with Gasteiger partial charge in [-0.1, -0.05) is 11.6 Å². The predicted octanol–water partition coefficient (Wildman–Crippen LogP) is 4.27. The van der Waals surface area contributed by atoms with Gasteiger partial charge in [0.15, 0.2) is 0 Å². The molecule has 0 bridgehead atoms. The summed E-state index contributed by atoms with van der Waals surface area (Å²) in [6.07, 6.45) is 1.36. The van der Waals surface area contributed by atoms with Crippen LogP contribution in [0.1, 0.15) is 16.1 Å². The van der Waals surface area contributed by atoms with E-state index in [1.807, 2.05) is 0 Å². The molecule has 3 aromatic rings. The highest BCUT2D eigenvalue weighted by Gasteiger charge is 2.08. The molecular weight excluding hydrogens is 358 g/mol. The summed E-state index contributed by atoms with van der Waals surface area (Å²) in [6.45, 7) is 0. The topological polar surface area (TPSA) is 97.7 Å². The molecule has 1 heterocycles. The first-order valence-electron chi connectivity index (χ1n) is 7.46. The number of furan rings is 1. The number of nitro groups is 1. The molecule has 0 aliphatic rings. The Morgan fingerprint density at radius 2 is 1.77 bits per heavy atom. The maximum atomic E-state index is 11.9. The average Bonchev–Trinajstić information content (AvgIpc) is 3.11. The summed E-state index contributed by atoms with van der Waals surface area (Å²) in [6, 6.07) is 15.8. The fourth-order valence-electron chi connectivity index (χ4n) is 2.15. The van der Waals surface area contributed by atoms with Gasteiger partial charge in [0, 0.05) is 28.3 Å². The van der Waals surface area contributed by atoms with Crippen LogP contribution in [0.15, 0.2) is 70.2 Å². The Bertz CT molecular complexity index is 963. The SMILES string of the molecule is O=C(N/N=C/c1ccc(-c2ccc([N+](=O)[O-])cc2)o1)c1ccc(Cl)cc1. The van der Waals surface area contributed by atoms with Crippen molar-refractivity contribution in [1.29, 1.82) is 0 Å². The molecule has 130 valence electrons. The van der Waals surface area contributed by atoms with E-state index in [-0.39, 0.29) is 11.6 Å². The van der Waals surface area contributed by atoms with Crippen LogP contribution in [0.3, 0.4) is 0 Å². The zero-order valence-corrected chi connectivity index (χ0v) is 14.0. The summed E-state index contributed by atoms with van der Waals surface area (Å²) in [7, 11) is 0. The van der Waals surface area contributed by atoms with Crippen molar-refractivity contribution in [3.63, 3.8) is 0 Å². The highest BCUT2D eigenvalue weighted by Crippen LogP contribution is 2.24. The van der Waals surface area contributed by atoms with E-state index in [1.54, 1.807) is 48.5 Å². The maximum Gasteiger partial charge on any atom is 0.271 e. The number of nitrogens with one attached hydrogen (secondary N) is 1. The fourth-order valence-corrected chi connectivity index (χ4v) is 2.27. The molecular formula is C18H12ClN3O4. The second kappa shape index (κ2) is 7.62. The van der Waals surface area contributed by atoms with Gasteiger partial charge in [0.25, 0.3) is 11.6 Å². The van der Waals surface area contributed by atoms with Crippen LogP contribution in [0.4, 0.5) is 5.69 Å². The van der Waals surface area contributed by atoms with Gasteiger partial charge in [-0.15, -0.1) is 0 Å². The number of amides is 1. The number of hydrogen-bond donors (Lipinski definition) is 1. The third-order valence-corrected chi connectivity index (χ3v) is 3.71. The second-order valence-electron chi connectivity index (χ2n) is 5.21. The minimum atomic E-state index is -0.465.